The van der Waals surface area contributed by atoms with Crippen molar-refractivity contribution in [3.05, 3.63) is 237 Å². The molecule has 0 aromatic heterocycles. The quantitative estimate of drug-likeness (QED) is 0.141. The Morgan fingerprint density at radius 2 is 0.684 bits per heavy atom. The zero-order valence-corrected chi connectivity index (χ0v) is 31.5. The Morgan fingerprint density at radius 1 is 0.228 bits per heavy atom. The van der Waals surface area contributed by atoms with Crippen molar-refractivity contribution in [1.29, 1.82) is 0 Å². The van der Waals surface area contributed by atoms with Crippen LogP contribution < -0.4 is 4.90 Å². The maximum Gasteiger partial charge on any atom is 0.0546 e. The van der Waals surface area contributed by atoms with Crippen LogP contribution in [0, 0.1) is 0 Å². The third-order valence-corrected chi connectivity index (χ3v) is 11.1. The molecule has 57 heavy (non-hydrogen) atoms. The van der Waals surface area contributed by atoms with Crippen molar-refractivity contribution >= 4 is 38.6 Å². The molecule has 0 amide bonds. The summed E-state index contributed by atoms with van der Waals surface area (Å²) in [5, 5.41) is 4.90. The molecule has 0 saturated carbocycles. The topological polar surface area (TPSA) is 3.24 Å². The summed E-state index contributed by atoms with van der Waals surface area (Å²) < 4.78 is 0. The highest BCUT2D eigenvalue weighted by atomic mass is 15.1. The second-order valence-corrected chi connectivity index (χ2v) is 14.5. The number of hydrogen-bond acceptors (Lipinski definition) is 1. The Labute approximate surface area is 334 Å². The molecule has 10 rings (SSSR count). The lowest BCUT2D eigenvalue weighted by molar-refractivity contribution is 1.30. The molecule has 0 aliphatic rings. The molecule has 0 aliphatic heterocycles. The number of hydrogen-bond donors (Lipinski definition) is 0. The van der Waals surface area contributed by atoms with E-state index >= 15 is 0 Å². The van der Waals surface area contributed by atoms with Crippen molar-refractivity contribution in [3.8, 4) is 55.6 Å². The molecule has 0 bridgehead atoms. The maximum atomic E-state index is 2.46. The smallest absolute Gasteiger partial charge is 0.0546 e. The molecule has 0 fully saturated rings. The van der Waals surface area contributed by atoms with Crippen LogP contribution in [-0.2, 0) is 0 Å². The minimum absolute atomic E-state index is 1.09. The standard InChI is InChI=1S/C56H39N/c1-5-17-40(18-6-1)42-29-33-48(34-30-42)57(56-39-46-25-13-14-26-49(46)51-27-15-16-28-52(51)56)55-36-32-47(38-54(55)44-23-11-4-12-24-44)50-35-31-45(41-19-7-2-8-20-41)37-53(50)43-21-9-3-10-22-43/h1-39H. The Morgan fingerprint density at radius 3 is 1.33 bits per heavy atom. The molecule has 0 saturated heterocycles. The van der Waals surface area contributed by atoms with Crippen LogP contribution in [0.5, 0.6) is 0 Å². The van der Waals surface area contributed by atoms with Crippen molar-refractivity contribution in [2.75, 3.05) is 4.90 Å². The largest absolute Gasteiger partial charge is 0.309 e. The minimum Gasteiger partial charge on any atom is -0.309 e. The molecule has 1 heteroatoms. The Kier molecular flexibility index (Phi) is 8.95. The Hall–Kier alpha value is -7.48. The van der Waals surface area contributed by atoms with E-state index in [4.69, 9.17) is 0 Å². The molecule has 10 aromatic rings. The van der Waals surface area contributed by atoms with Gasteiger partial charge < -0.3 is 4.90 Å². The Bertz CT molecular complexity index is 2970. The summed E-state index contributed by atoms with van der Waals surface area (Å²) in [5.41, 5.74) is 15.2. The van der Waals surface area contributed by atoms with Gasteiger partial charge in [0.1, 0.15) is 0 Å². The van der Waals surface area contributed by atoms with Gasteiger partial charge in [-0.1, -0.05) is 200 Å². The zero-order valence-electron chi connectivity index (χ0n) is 31.5. The predicted octanol–water partition coefficient (Wildman–Crippen LogP) is 15.8. The van der Waals surface area contributed by atoms with E-state index in [9.17, 15) is 0 Å². The van der Waals surface area contributed by atoms with Gasteiger partial charge in [0.25, 0.3) is 0 Å². The van der Waals surface area contributed by atoms with Crippen molar-refractivity contribution in [2.24, 2.45) is 0 Å². The molecule has 268 valence electrons. The van der Waals surface area contributed by atoms with Gasteiger partial charge in [-0.25, -0.2) is 0 Å². The normalized spacial score (nSPS) is 11.2. The van der Waals surface area contributed by atoms with Crippen LogP contribution in [0.15, 0.2) is 237 Å². The van der Waals surface area contributed by atoms with Gasteiger partial charge in [0.05, 0.1) is 11.4 Å². The fraction of sp³-hybridized carbons (Fsp3) is 0. The van der Waals surface area contributed by atoms with Crippen LogP contribution in [0.4, 0.5) is 17.1 Å². The number of rotatable bonds is 8. The lowest BCUT2D eigenvalue weighted by Crippen LogP contribution is -2.12. The maximum absolute atomic E-state index is 2.46. The van der Waals surface area contributed by atoms with Crippen molar-refractivity contribution in [2.45, 2.75) is 0 Å². The van der Waals surface area contributed by atoms with Crippen molar-refractivity contribution in [1.82, 2.24) is 0 Å². The molecular formula is C56H39N. The fourth-order valence-electron chi connectivity index (χ4n) is 8.27. The average Bonchev–Trinajstić information content (AvgIpc) is 3.30. The van der Waals surface area contributed by atoms with Gasteiger partial charge in [0.15, 0.2) is 0 Å². The first-order chi connectivity index (χ1) is 28.3. The van der Waals surface area contributed by atoms with Gasteiger partial charge >= 0.3 is 0 Å². The molecule has 0 unspecified atom stereocenters. The van der Waals surface area contributed by atoms with Crippen molar-refractivity contribution in [3.63, 3.8) is 0 Å². The van der Waals surface area contributed by atoms with Gasteiger partial charge in [-0.2, -0.15) is 0 Å². The van der Waals surface area contributed by atoms with E-state index in [0.717, 1.165) is 28.2 Å². The van der Waals surface area contributed by atoms with Gasteiger partial charge in [-0.15, -0.1) is 0 Å². The fourth-order valence-corrected chi connectivity index (χ4v) is 8.27. The Balaban J connectivity index is 1.22. The summed E-state index contributed by atoms with van der Waals surface area (Å²) in [7, 11) is 0. The summed E-state index contributed by atoms with van der Waals surface area (Å²) in [4.78, 5) is 2.46. The zero-order chi connectivity index (χ0) is 38.0. The van der Waals surface area contributed by atoms with Crippen LogP contribution in [0.3, 0.4) is 0 Å². The number of fused-ring (bicyclic) bond motifs is 3. The van der Waals surface area contributed by atoms with Crippen molar-refractivity contribution < 1.29 is 0 Å². The van der Waals surface area contributed by atoms with E-state index in [2.05, 4.69) is 241 Å². The van der Waals surface area contributed by atoms with E-state index in [1.54, 1.807) is 0 Å². The number of nitrogens with zero attached hydrogens (tertiary/aromatic N) is 1. The number of anilines is 3. The van der Waals surface area contributed by atoms with E-state index < -0.39 is 0 Å². The average molecular weight is 726 g/mol. The van der Waals surface area contributed by atoms with E-state index in [1.165, 1.54) is 66.1 Å². The van der Waals surface area contributed by atoms with E-state index in [1.807, 2.05) is 0 Å². The highest BCUT2D eigenvalue weighted by Crippen LogP contribution is 2.47. The second-order valence-electron chi connectivity index (χ2n) is 14.5. The van der Waals surface area contributed by atoms with Gasteiger partial charge in [0.2, 0.25) is 0 Å². The highest BCUT2D eigenvalue weighted by molar-refractivity contribution is 6.15. The molecule has 10 aromatic carbocycles. The monoisotopic (exact) mass is 725 g/mol. The summed E-state index contributed by atoms with van der Waals surface area (Å²) in [5.74, 6) is 0. The lowest BCUT2D eigenvalue weighted by atomic mass is 9.89. The van der Waals surface area contributed by atoms with E-state index in [0.29, 0.717) is 0 Å². The molecule has 0 spiro atoms. The summed E-state index contributed by atoms with van der Waals surface area (Å²) in [6, 6.07) is 85.8. The third-order valence-electron chi connectivity index (χ3n) is 11.1. The lowest BCUT2D eigenvalue weighted by Gasteiger charge is -2.30. The molecule has 0 radical (unpaired) electrons. The van der Waals surface area contributed by atoms with Crippen LogP contribution in [0.2, 0.25) is 0 Å². The second kappa shape index (κ2) is 15.0. The highest BCUT2D eigenvalue weighted by Gasteiger charge is 2.22. The predicted molar refractivity (Wildman–Crippen MR) is 243 cm³/mol. The summed E-state index contributed by atoms with van der Waals surface area (Å²) in [6.07, 6.45) is 0. The first-order valence-corrected chi connectivity index (χ1v) is 19.6. The number of benzene rings is 10. The van der Waals surface area contributed by atoms with Gasteiger partial charge in [0, 0.05) is 16.6 Å². The molecule has 1 nitrogen and oxygen atoms in total. The van der Waals surface area contributed by atoms with Gasteiger partial charge in [-0.05, 0) is 103 Å². The first-order valence-electron chi connectivity index (χ1n) is 19.6. The van der Waals surface area contributed by atoms with E-state index in [-0.39, 0.29) is 0 Å². The minimum atomic E-state index is 1.09. The van der Waals surface area contributed by atoms with Crippen LogP contribution in [-0.4, -0.2) is 0 Å². The molecule has 0 heterocycles. The molecule has 0 N–H and O–H groups in total. The summed E-state index contributed by atoms with van der Waals surface area (Å²) >= 11 is 0. The van der Waals surface area contributed by atoms with Crippen LogP contribution in [0.1, 0.15) is 0 Å². The van der Waals surface area contributed by atoms with Gasteiger partial charge in [-0.3, -0.25) is 0 Å². The van der Waals surface area contributed by atoms with Crippen LogP contribution in [0.25, 0.3) is 77.2 Å². The molecule has 0 aliphatic carbocycles. The molecule has 0 atom stereocenters. The molecular weight excluding hydrogens is 687 g/mol. The van der Waals surface area contributed by atoms with Crippen LogP contribution >= 0.6 is 0 Å². The SMILES string of the molecule is c1ccc(-c2ccc(N(c3ccc(-c4ccc(-c5ccccc5)cc4-c4ccccc4)cc3-c3ccccc3)c3cc4ccccc4c4ccccc34)cc2)cc1. The third kappa shape index (κ3) is 6.56. The first kappa shape index (κ1) is 34.0. The summed E-state index contributed by atoms with van der Waals surface area (Å²) in [6.45, 7) is 0.